The van der Waals surface area contributed by atoms with E-state index in [1.807, 2.05) is 13.8 Å². The number of benzene rings is 1. The van der Waals surface area contributed by atoms with Gasteiger partial charge in [-0.05, 0) is 24.8 Å². The van der Waals surface area contributed by atoms with Crippen LogP contribution in [0, 0.1) is 0 Å². The van der Waals surface area contributed by atoms with Gasteiger partial charge in [-0.2, -0.15) is 0 Å². The van der Waals surface area contributed by atoms with Gasteiger partial charge in [-0.15, -0.1) is 11.8 Å². The van der Waals surface area contributed by atoms with Crippen LogP contribution in [0.2, 0.25) is 10.0 Å². The van der Waals surface area contributed by atoms with Crippen molar-refractivity contribution in [1.29, 1.82) is 0 Å². The van der Waals surface area contributed by atoms with Crippen LogP contribution in [0.5, 0.6) is 0 Å². The first kappa shape index (κ1) is 14.5. The van der Waals surface area contributed by atoms with Crippen LogP contribution in [0.25, 0.3) is 0 Å². The maximum atomic E-state index is 11.8. The third kappa shape index (κ3) is 3.98. The molecule has 3 N–H and O–H groups in total. The van der Waals surface area contributed by atoms with E-state index in [4.69, 9.17) is 28.9 Å². The van der Waals surface area contributed by atoms with Crippen LogP contribution < -0.4 is 11.1 Å². The minimum Gasteiger partial charge on any atom is -0.399 e. The zero-order chi connectivity index (χ0) is 13.0. The van der Waals surface area contributed by atoms with Gasteiger partial charge in [0.25, 0.3) is 0 Å². The SMILES string of the molecule is CCSC(C)C(=O)Nc1c(Cl)cc(N)cc1Cl. The number of amides is 1. The highest BCUT2D eigenvalue weighted by molar-refractivity contribution is 8.00. The molecule has 0 aliphatic rings. The van der Waals surface area contributed by atoms with Gasteiger partial charge in [0, 0.05) is 5.69 Å². The van der Waals surface area contributed by atoms with Crippen LogP contribution in [-0.2, 0) is 4.79 Å². The number of anilines is 2. The Kier molecular flexibility index (Phi) is 5.43. The summed E-state index contributed by atoms with van der Waals surface area (Å²) in [5.74, 6) is 0.753. The molecule has 1 amide bonds. The fraction of sp³-hybridized carbons (Fsp3) is 0.364. The second-order valence-corrected chi connectivity index (χ2v) is 5.88. The molecule has 0 fully saturated rings. The Morgan fingerprint density at radius 2 is 2.00 bits per heavy atom. The van der Waals surface area contributed by atoms with Crippen molar-refractivity contribution in [2.45, 2.75) is 19.1 Å². The summed E-state index contributed by atoms with van der Waals surface area (Å²) in [6.07, 6.45) is 0. The molecule has 1 rings (SSSR count). The number of nitrogens with two attached hydrogens (primary N) is 1. The van der Waals surface area contributed by atoms with Gasteiger partial charge >= 0.3 is 0 Å². The number of carbonyl (C=O) groups excluding carboxylic acids is 1. The average molecular weight is 293 g/mol. The lowest BCUT2D eigenvalue weighted by Gasteiger charge is -2.13. The normalized spacial score (nSPS) is 12.2. The lowest BCUT2D eigenvalue weighted by Crippen LogP contribution is -2.23. The molecule has 1 aromatic carbocycles. The summed E-state index contributed by atoms with van der Waals surface area (Å²) in [7, 11) is 0. The summed E-state index contributed by atoms with van der Waals surface area (Å²) in [4.78, 5) is 11.8. The maximum absolute atomic E-state index is 11.8. The Morgan fingerprint density at radius 3 is 2.47 bits per heavy atom. The van der Waals surface area contributed by atoms with E-state index in [-0.39, 0.29) is 11.2 Å². The number of thioether (sulfide) groups is 1. The largest absolute Gasteiger partial charge is 0.399 e. The molecule has 94 valence electrons. The monoisotopic (exact) mass is 292 g/mol. The zero-order valence-electron chi connectivity index (χ0n) is 9.59. The molecule has 6 heteroatoms. The standard InChI is InChI=1S/C11H14Cl2N2OS/c1-3-17-6(2)11(16)15-10-8(12)4-7(14)5-9(10)13/h4-6H,3,14H2,1-2H3,(H,15,16). The van der Waals surface area contributed by atoms with E-state index in [9.17, 15) is 4.79 Å². The zero-order valence-corrected chi connectivity index (χ0v) is 11.9. The maximum Gasteiger partial charge on any atom is 0.237 e. The van der Waals surface area contributed by atoms with Crippen molar-refractivity contribution in [3.05, 3.63) is 22.2 Å². The van der Waals surface area contributed by atoms with Crippen LogP contribution in [0.4, 0.5) is 11.4 Å². The van der Waals surface area contributed by atoms with E-state index < -0.39 is 0 Å². The Labute approximate surface area is 115 Å². The van der Waals surface area contributed by atoms with Crippen LogP contribution in [-0.4, -0.2) is 16.9 Å². The molecule has 0 spiro atoms. The van der Waals surface area contributed by atoms with E-state index in [0.717, 1.165) is 5.75 Å². The number of halogens is 2. The Balaban J connectivity index is 2.85. The van der Waals surface area contributed by atoms with Crippen LogP contribution >= 0.6 is 35.0 Å². The van der Waals surface area contributed by atoms with E-state index in [1.165, 1.54) is 0 Å². The molecule has 0 saturated heterocycles. The first-order valence-corrected chi connectivity index (χ1v) is 6.93. The summed E-state index contributed by atoms with van der Waals surface area (Å²) >= 11 is 13.5. The van der Waals surface area contributed by atoms with Crippen molar-refractivity contribution in [2.75, 3.05) is 16.8 Å². The highest BCUT2D eigenvalue weighted by atomic mass is 35.5. The van der Waals surface area contributed by atoms with E-state index in [1.54, 1.807) is 23.9 Å². The molecular formula is C11H14Cl2N2OS. The predicted octanol–water partition coefficient (Wildman–Crippen LogP) is 3.66. The van der Waals surface area contributed by atoms with Crippen molar-refractivity contribution >= 4 is 52.2 Å². The fourth-order valence-electron chi connectivity index (χ4n) is 1.26. The van der Waals surface area contributed by atoms with Gasteiger partial charge in [-0.3, -0.25) is 4.79 Å². The average Bonchev–Trinajstić information content (AvgIpc) is 2.23. The molecule has 1 aromatic rings. The van der Waals surface area contributed by atoms with Crippen LogP contribution in [0.15, 0.2) is 12.1 Å². The third-order valence-electron chi connectivity index (χ3n) is 2.10. The molecule has 0 heterocycles. The lowest BCUT2D eigenvalue weighted by molar-refractivity contribution is -0.115. The molecule has 0 aromatic heterocycles. The predicted molar refractivity (Wildman–Crippen MR) is 77.1 cm³/mol. The van der Waals surface area contributed by atoms with E-state index >= 15 is 0 Å². The van der Waals surface area contributed by atoms with Crippen molar-refractivity contribution in [1.82, 2.24) is 0 Å². The first-order chi connectivity index (χ1) is 7.95. The van der Waals surface area contributed by atoms with Gasteiger partial charge < -0.3 is 11.1 Å². The van der Waals surface area contributed by atoms with Crippen LogP contribution in [0.3, 0.4) is 0 Å². The molecule has 17 heavy (non-hydrogen) atoms. The molecule has 3 nitrogen and oxygen atoms in total. The molecule has 1 atom stereocenters. The molecular weight excluding hydrogens is 279 g/mol. The van der Waals surface area contributed by atoms with Gasteiger partial charge in [0.1, 0.15) is 0 Å². The highest BCUT2D eigenvalue weighted by Crippen LogP contribution is 2.33. The van der Waals surface area contributed by atoms with Gasteiger partial charge in [0.15, 0.2) is 0 Å². The number of nitrogen functional groups attached to an aromatic ring is 1. The molecule has 0 radical (unpaired) electrons. The molecule has 0 aliphatic heterocycles. The second kappa shape index (κ2) is 6.38. The molecule has 0 aliphatic carbocycles. The summed E-state index contributed by atoms with van der Waals surface area (Å²) in [6.45, 7) is 3.83. The second-order valence-electron chi connectivity index (χ2n) is 3.45. The number of hydrogen-bond donors (Lipinski definition) is 2. The van der Waals surface area contributed by atoms with Crippen molar-refractivity contribution in [2.24, 2.45) is 0 Å². The lowest BCUT2D eigenvalue weighted by atomic mass is 10.2. The summed E-state index contributed by atoms with van der Waals surface area (Å²) in [5.41, 5.74) is 6.46. The van der Waals surface area contributed by atoms with Gasteiger partial charge in [0.2, 0.25) is 5.91 Å². The first-order valence-electron chi connectivity index (χ1n) is 5.12. The minimum atomic E-state index is -0.148. The molecule has 0 bridgehead atoms. The molecule has 1 unspecified atom stereocenters. The summed E-state index contributed by atoms with van der Waals surface area (Å²) < 4.78 is 0. The van der Waals surface area contributed by atoms with Gasteiger partial charge in [-0.1, -0.05) is 30.1 Å². The summed E-state index contributed by atoms with van der Waals surface area (Å²) in [5, 5.41) is 3.25. The number of carbonyl (C=O) groups is 1. The van der Waals surface area contributed by atoms with Gasteiger partial charge in [0.05, 0.1) is 21.0 Å². The van der Waals surface area contributed by atoms with E-state index in [0.29, 0.717) is 21.4 Å². The number of nitrogens with one attached hydrogen (secondary N) is 1. The molecule has 0 saturated carbocycles. The van der Waals surface area contributed by atoms with Crippen molar-refractivity contribution in [3.63, 3.8) is 0 Å². The Hall–Kier alpha value is -0.580. The Bertz CT molecular complexity index is 403. The van der Waals surface area contributed by atoms with Crippen molar-refractivity contribution in [3.8, 4) is 0 Å². The summed E-state index contributed by atoms with van der Waals surface area (Å²) in [6, 6.07) is 3.11. The fourth-order valence-corrected chi connectivity index (χ4v) is 2.57. The van der Waals surface area contributed by atoms with Crippen LogP contribution in [0.1, 0.15) is 13.8 Å². The number of hydrogen-bond acceptors (Lipinski definition) is 3. The third-order valence-corrected chi connectivity index (χ3v) is 3.74. The van der Waals surface area contributed by atoms with Crippen molar-refractivity contribution < 1.29 is 4.79 Å². The number of rotatable bonds is 4. The van der Waals surface area contributed by atoms with Gasteiger partial charge in [-0.25, -0.2) is 0 Å². The highest BCUT2D eigenvalue weighted by Gasteiger charge is 2.16. The minimum absolute atomic E-state index is 0.120. The topological polar surface area (TPSA) is 55.1 Å². The smallest absolute Gasteiger partial charge is 0.237 e. The van der Waals surface area contributed by atoms with E-state index in [2.05, 4.69) is 5.32 Å². The quantitative estimate of drug-likeness (QED) is 0.833. The Morgan fingerprint density at radius 1 is 1.47 bits per heavy atom.